The molecule has 2 rings (SSSR count). The third-order valence-corrected chi connectivity index (χ3v) is 7.37. The quantitative estimate of drug-likeness (QED) is 0.544. The summed E-state index contributed by atoms with van der Waals surface area (Å²) in [4.78, 5) is 1.23. The summed E-state index contributed by atoms with van der Waals surface area (Å²) in [5, 5.41) is 0. The molecule has 0 aliphatic rings. The standard InChI is InChI=1S/C19H24BrNO2S2/c1-13(2)12-21(18-9-6-14(3)10-15(18)4)25(22,23)16-7-8-17(20)19(11-16)24-5/h6-11,13H,12H2,1-5H3. The smallest absolute Gasteiger partial charge is 0.264 e. The van der Waals surface area contributed by atoms with Crippen molar-refractivity contribution in [1.29, 1.82) is 0 Å². The number of anilines is 1. The SMILES string of the molecule is CSc1cc(S(=O)(=O)N(CC(C)C)c2ccc(C)cc2C)ccc1Br. The zero-order valence-electron chi connectivity index (χ0n) is 15.2. The first-order valence-corrected chi connectivity index (χ1v) is 11.6. The number of rotatable bonds is 6. The highest BCUT2D eigenvalue weighted by Crippen LogP contribution is 2.32. The molecule has 0 heterocycles. The fraction of sp³-hybridized carbons (Fsp3) is 0.368. The molecule has 0 spiro atoms. The molecule has 0 fully saturated rings. The number of hydrogen-bond donors (Lipinski definition) is 0. The van der Waals surface area contributed by atoms with Crippen molar-refractivity contribution in [2.75, 3.05) is 17.1 Å². The second-order valence-corrected chi connectivity index (χ2v) is 10.1. The average Bonchev–Trinajstić information content (AvgIpc) is 2.53. The maximum absolute atomic E-state index is 13.4. The summed E-state index contributed by atoms with van der Waals surface area (Å²) in [5.41, 5.74) is 2.83. The number of halogens is 1. The molecule has 0 N–H and O–H groups in total. The van der Waals surface area contributed by atoms with Gasteiger partial charge in [-0.25, -0.2) is 8.42 Å². The summed E-state index contributed by atoms with van der Waals surface area (Å²) < 4.78 is 29.2. The Balaban J connectivity index is 2.60. The molecule has 0 amide bonds. The van der Waals surface area contributed by atoms with Crippen molar-refractivity contribution in [3.63, 3.8) is 0 Å². The first-order chi connectivity index (χ1) is 11.7. The van der Waals surface area contributed by atoms with Gasteiger partial charge in [0.2, 0.25) is 0 Å². The van der Waals surface area contributed by atoms with E-state index in [9.17, 15) is 8.42 Å². The first-order valence-electron chi connectivity index (χ1n) is 8.10. The molecule has 0 saturated carbocycles. The number of thioether (sulfide) groups is 1. The Morgan fingerprint density at radius 1 is 1.12 bits per heavy atom. The molecule has 6 heteroatoms. The van der Waals surface area contributed by atoms with Crippen LogP contribution in [0.2, 0.25) is 0 Å². The molecule has 136 valence electrons. The molecular weight excluding hydrogens is 418 g/mol. The van der Waals surface area contributed by atoms with Gasteiger partial charge in [0.05, 0.1) is 10.6 Å². The van der Waals surface area contributed by atoms with E-state index in [0.717, 1.165) is 26.2 Å². The summed E-state index contributed by atoms with van der Waals surface area (Å²) in [6.45, 7) is 8.47. The maximum atomic E-state index is 13.4. The Morgan fingerprint density at radius 3 is 2.36 bits per heavy atom. The number of aryl methyl sites for hydroxylation is 2. The van der Waals surface area contributed by atoms with Gasteiger partial charge in [-0.05, 0) is 71.8 Å². The predicted molar refractivity (Wildman–Crippen MR) is 111 cm³/mol. The third kappa shape index (κ3) is 4.60. The van der Waals surface area contributed by atoms with Crippen LogP contribution in [0.3, 0.4) is 0 Å². The molecular formula is C19H24BrNO2S2. The van der Waals surface area contributed by atoms with Crippen molar-refractivity contribution in [2.24, 2.45) is 5.92 Å². The van der Waals surface area contributed by atoms with Crippen molar-refractivity contribution in [1.82, 2.24) is 0 Å². The van der Waals surface area contributed by atoms with E-state index in [2.05, 4.69) is 15.9 Å². The van der Waals surface area contributed by atoms with Gasteiger partial charge >= 0.3 is 0 Å². The van der Waals surface area contributed by atoms with Gasteiger partial charge < -0.3 is 0 Å². The summed E-state index contributed by atoms with van der Waals surface area (Å²) in [6, 6.07) is 11.1. The van der Waals surface area contributed by atoms with E-state index in [0.29, 0.717) is 11.4 Å². The molecule has 0 unspecified atom stereocenters. The van der Waals surface area contributed by atoms with Crippen LogP contribution in [0.15, 0.2) is 50.7 Å². The van der Waals surface area contributed by atoms with Crippen LogP contribution in [0.25, 0.3) is 0 Å². The van der Waals surface area contributed by atoms with Gasteiger partial charge in [0.1, 0.15) is 0 Å². The maximum Gasteiger partial charge on any atom is 0.264 e. The highest BCUT2D eigenvalue weighted by Gasteiger charge is 2.27. The molecule has 0 aliphatic heterocycles. The lowest BCUT2D eigenvalue weighted by atomic mass is 10.1. The number of sulfonamides is 1. The number of nitrogens with zero attached hydrogens (tertiary/aromatic N) is 1. The van der Waals surface area contributed by atoms with Gasteiger partial charge in [-0.1, -0.05) is 31.5 Å². The zero-order valence-corrected chi connectivity index (χ0v) is 18.4. The minimum absolute atomic E-state index is 0.214. The Labute approximate surface area is 164 Å². The number of benzene rings is 2. The monoisotopic (exact) mass is 441 g/mol. The van der Waals surface area contributed by atoms with Gasteiger partial charge in [-0.3, -0.25) is 4.31 Å². The van der Waals surface area contributed by atoms with Gasteiger partial charge in [-0.15, -0.1) is 11.8 Å². The highest BCUT2D eigenvalue weighted by molar-refractivity contribution is 9.10. The van der Waals surface area contributed by atoms with E-state index >= 15 is 0 Å². The third-order valence-electron chi connectivity index (χ3n) is 3.86. The Morgan fingerprint density at radius 2 is 1.80 bits per heavy atom. The molecule has 0 radical (unpaired) electrons. The first kappa shape index (κ1) is 20.3. The lowest BCUT2D eigenvalue weighted by Gasteiger charge is -2.28. The highest BCUT2D eigenvalue weighted by atomic mass is 79.9. The summed E-state index contributed by atoms with van der Waals surface area (Å²) in [6.07, 6.45) is 1.94. The van der Waals surface area contributed by atoms with Crippen molar-refractivity contribution in [3.05, 3.63) is 52.0 Å². The molecule has 0 aromatic heterocycles. The van der Waals surface area contributed by atoms with E-state index < -0.39 is 10.0 Å². The van der Waals surface area contributed by atoms with Gasteiger partial charge in [0, 0.05) is 15.9 Å². The minimum atomic E-state index is -3.63. The zero-order chi connectivity index (χ0) is 18.8. The van der Waals surface area contributed by atoms with E-state index in [1.54, 1.807) is 22.5 Å². The molecule has 0 saturated heterocycles. The molecule has 0 aliphatic carbocycles. The van der Waals surface area contributed by atoms with Crippen LogP contribution in [0.4, 0.5) is 5.69 Å². The fourth-order valence-electron chi connectivity index (χ4n) is 2.67. The van der Waals surface area contributed by atoms with Crippen LogP contribution >= 0.6 is 27.7 Å². The van der Waals surface area contributed by atoms with Crippen LogP contribution in [-0.4, -0.2) is 21.2 Å². The Bertz CT molecular complexity index is 864. The molecule has 2 aromatic rings. The fourth-order valence-corrected chi connectivity index (χ4v) is 5.70. The van der Waals surface area contributed by atoms with Gasteiger partial charge in [-0.2, -0.15) is 0 Å². The van der Waals surface area contributed by atoms with Crippen molar-refractivity contribution in [2.45, 2.75) is 37.5 Å². The van der Waals surface area contributed by atoms with Gasteiger partial charge in [0.15, 0.2) is 0 Å². The van der Waals surface area contributed by atoms with E-state index in [4.69, 9.17) is 0 Å². The second-order valence-electron chi connectivity index (χ2n) is 6.52. The van der Waals surface area contributed by atoms with Crippen LogP contribution in [0, 0.1) is 19.8 Å². The van der Waals surface area contributed by atoms with E-state index in [-0.39, 0.29) is 5.92 Å². The number of hydrogen-bond acceptors (Lipinski definition) is 3. The minimum Gasteiger partial charge on any atom is -0.266 e. The molecule has 2 aromatic carbocycles. The molecule has 0 bridgehead atoms. The molecule has 25 heavy (non-hydrogen) atoms. The summed E-state index contributed by atoms with van der Waals surface area (Å²) in [5.74, 6) is 0.214. The van der Waals surface area contributed by atoms with Gasteiger partial charge in [0.25, 0.3) is 10.0 Å². The molecule has 3 nitrogen and oxygen atoms in total. The topological polar surface area (TPSA) is 37.4 Å². The van der Waals surface area contributed by atoms with E-state index in [1.807, 2.05) is 52.1 Å². The van der Waals surface area contributed by atoms with Crippen molar-refractivity contribution < 1.29 is 8.42 Å². The molecule has 0 atom stereocenters. The Hall–Kier alpha value is -0.980. The summed E-state index contributed by atoms with van der Waals surface area (Å²) in [7, 11) is -3.63. The van der Waals surface area contributed by atoms with Crippen molar-refractivity contribution >= 4 is 43.4 Å². The lowest BCUT2D eigenvalue weighted by Crippen LogP contribution is -2.34. The van der Waals surface area contributed by atoms with Crippen LogP contribution in [-0.2, 0) is 10.0 Å². The Kier molecular flexibility index (Phi) is 6.62. The van der Waals surface area contributed by atoms with Crippen LogP contribution < -0.4 is 4.31 Å². The van der Waals surface area contributed by atoms with Crippen molar-refractivity contribution in [3.8, 4) is 0 Å². The predicted octanol–water partition coefficient (Wildman–Crippen LogP) is 5.64. The lowest BCUT2D eigenvalue weighted by molar-refractivity contribution is 0.577. The summed E-state index contributed by atoms with van der Waals surface area (Å²) >= 11 is 4.99. The second kappa shape index (κ2) is 8.14. The van der Waals surface area contributed by atoms with Crippen LogP contribution in [0.5, 0.6) is 0 Å². The normalized spacial score (nSPS) is 11.8. The average molecular weight is 442 g/mol. The van der Waals surface area contributed by atoms with E-state index in [1.165, 1.54) is 11.8 Å². The van der Waals surface area contributed by atoms with Crippen LogP contribution in [0.1, 0.15) is 25.0 Å². The largest absolute Gasteiger partial charge is 0.266 e.